The minimum atomic E-state index is -0.561. The average Bonchev–Trinajstić information content (AvgIpc) is 3.44. The van der Waals surface area contributed by atoms with E-state index in [-0.39, 0.29) is 17.7 Å². The van der Waals surface area contributed by atoms with Crippen molar-refractivity contribution in [1.82, 2.24) is 9.88 Å². The second-order valence-corrected chi connectivity index (χ2v) is 12.3. The molecule has 5 rings (SSSR count). The van der Waals surface area contributed by atoms with Crippen molar-refractivity contribution in [1.29, 1.82) is 0 Å². The number of hydrogen-bond donors (Lipinski definition) is 1. The Hall–Kier alpha value is -3.21. The lowest BCUT2D eigenvalue weighted by atomic mass is 9.70. The van der Waals surface area contributed by atoms with Crippen LogP contribution >= 0.6 is 11.3 Å². The Morgan fingerprint density at radius 2 is 2.08 bits per heavy atom. The van der Waals surface area contributed by atoms with Crippen LogP contribution in [-0.2, 0) is 34.3 Å². The third kappa shape index (κ3) is 5.33. The van der Waals surface area contributed by atoms with Gasteiger partial charge in [0.15, 0.2) is 0 Å². The largest absolute Gasteiger partial charge is 0.387 e. The van der Waals surface area contributed by atoms with E-state index in [0.717, 1.165) is 41.3 Å². The molecule has 3 aliphatic rings. The second kappa shape index (κ2) is 10.7. The summed E-state index contributed by atoms with van der Waals surface area (Å²) in [6, 6.07) is 2.08. The van der Waals surface area contributed by atoms with E-state index in [2.05, 4.69) is 17.1 Å². The molecule has 10 heteroatoms. The highest BCUT2D eigenvalue weighted by molar-refractivity contribution is 7.09. The number of anilines is 1. The molecule has 3 aliphatic heterocycles. The highest BCUT2D eigenvalue weighted by atomic mass is 32.1. The molecule has 0 saturated carbocycles. The number of thiazole rings is 1. The van der Waals surface area contributed by atoms with E-state index in [1.807, 2.05) is 49.6 Å². The average molecular weight is 552 g/mol. The molecule has 206 valence electrons. The number of carbonyl (C=O) groups is 3. The standard InChI is InChI=1S/C29H37N5O4S/c1-31-19-22(4-5-26(37)34(3)13-6-21(7-14-34)17-24-30-10-15-39-24)16-23-18-29(28(38)32(2)27(23)31)8-11-33(12-9-29)25(36)20-35/h4-6,10,15-16,19,35H,7-9,11-14,17-18,20H2,1-3H3/q+2. The molecular weight excluding hydrogens is 514 g/mol. The first kappa shape index (κ1) is 27.4. The molecule has 1 spiro atoms. The summed E-state index contributed by atoms with van der Waals surface area (Å²) < 4.78 is 2.30. The normalized spacial score (nSPS) is 22.8. The lowest BCUT2D eigenvalue weighted by Gasteiger charge is -2.42. The number of piperidine rings is 1. The van der Waals surface area contributed by atoms with Gasteiger partial charge in [-0.25, -0.2) is 19.1 Å². The van der Waals surface area contributed by atoms with Crippen LogP contribution in [0.4, 0.5) is 5.82 Å². The molecule has 39 heavy (non-hydrogen) atoms. The van der Waals surface area contributed by atoms with E-state index >= 15 is 0 Å². The van der Waals surface area contributed by atoms with Gasteiger partial charge in [0.1, 0.15) is 13.2 Å². The number of carbonyl (C=O) groups excluding carboxylic acids is 3. The molecule has 1 saturated heterocycles. The topological polar surface area (TPSA) is 94.7 Å². The van der Waals surface area contributed by atoms with Crippen LogP contribution in [0.15, 0.2) is 41.6 Å². The van der Waals surface area contributed by atoms with Crippen LogP contribution in [0.25, 0.3) is 6.08 Å². The van der Waals surface area contributed by atoms with Gasteiger partial charge in [0.25, 0.3) is 5.82 Å². The summed E-state index contributed by atoms with van der Waals surface area (Å²) in [7, 11) is 5.73. The predicted octanol–water partition coefficient (Wildman–Crippen LogP) is 1.65. The highest BCUT2D eigenvalue weighted by Crippen LogP contribution is 2.43. The number of hydrogen-bond acceptors (Lipinski definition) is 6. The van der Waals surface area contributed by atoms with E-state index in [4.69, 9.17) is 0 Å². The van der Waals surface area contributed by atoms with Gasteiger partial charge in [-0.05, 0) is 37.5 Å². The number of rotatable bonds is 5. The molecule has 1 atom stereocenters. The van der Waals surface area contributed by atoms with Crippen LogP contribution in [0.2, 0.25) is 0 Å². The third-order valence-corrected chi connectivity index (χ3v) is 9.42. The van der Waals surface area contributed by atoms with E-state index in [1.54, 1.807) is 27.2 Å². The molecule has 0 radical (unpaired) electrons. The first-order valence-electron chi connectivity index (χ1n) is 13.5. The fourth-order valence-corrected chi connectivity index (χ4v) is 6.88. The number of aryl methyl sites for hydroxylation is 1. The number of likely N-dealkylation sites (tertiary alicyclic amines) is 1. The van der Waals surface area contributed by atoms with E-state index in [0.29, 0.717) is 43.4 Å². The Morgan fingerprint density at radius 1 is 1.31 bits per heavy atom. The molecular formula is C29H37N5O4S+2. The van der Waals surface area contributed by atoms with Crippen LogP contribution in [0.1, 0.15) is 35.4 Å². The van der Waals surface area contributed by atoms with Gasteiger partial charge in [0.05, 0.1) is 44.3 Å². The number of likely N-dealkylation sites (N-methyl/N-ethyl adjacent to an activating group) is 1. The number of pyridine rings is 1. The van der Waals surface area contributed by atoms with Crippen LogP contribution in [-0.4, -0.2) is 84.1 Å². The Morgan fingerprint density at radius 3 is 2.72 bits per heavy atom. The molecule has 0 bridgehead atoms. The molecule has 9 nitrogen and oxygen atoms in total. The van der Waals surface area contributed by atoms with E-state index < -0.39 is 12.0 Å². The van der Waals surface area contributed by atoms with Crippen molar-refractivity contribution in [2.24, 2.45) is 12.5 Å². The van der Waals surface area contributed by atoms with Crippen molar-refractivity contribution < 1.29 is 28.5 Å². The summed E-state index contributed by atoms with van der Waals surface area (Å²) in [5.74, 6) is 0.715. The Balaban J connectivity index is 1.30. The zero-order valence-electron chi connectivity index (χ0n) is 22.9. The summed E-state index contributed by atoms with van der Waals surface area (Å²) in [5.41, 5.74) is 2.76. The van der Waals surface area contributed by atoms with Crippen molar-refractivity contribution >= 4 is 41.0 Å². The maximum Gasteiger partial charge on any atom is 0.338 e. The molecule has 0 aromatic carbocycles. The van der Waals surface area contributed by atoms with Crippen molar-refractivity contribution in [3.8, 4) is 0 Å². The minimum Gasteiger partial charge on any atom is -0.387 e. The fraction of sp³-hybridized carbons (Fsp3) is 0.483. The van der Waals surface area contributed by atoms with Gasteiger partial charge in [0, 0.05) is 54.7 Å². The number of nitrogens with zero attached hydrogens (tertiary/aromatic N) is 5. The van der Waals surface area contributed by atoms with Crippen molar-refractivity contribution in [3.63, 3.8) is 0 Å². The Kier molecular flexibility index (Phi) is 7.54. The smallest absolute Gasteiger partial charge is 0.338 e. The maximum absolute atomic E-state index is 13.5. The van der Waals surface area contributed by atoms with Crippen LogP contribution in [0, 0.1) is 5.41 Å². The summed E-state index contributed by atoms with van der Waals surface area (Å²) in [4.78, 5) is 46.5. The number of quaternary nitrogens is 1. The monoisotopic (exact) mass is 551 g/mol. The number of fused-ring (bicyclic) bond motifs is 1. The molecule has 1 unspecified atom stereocenters. The quantitative estimate of drug-likeness (QED) is 0.264. The van der Waals surface area contributed by atoms with E-state index in [1.165, 1.54) is 5.57 Å². The highest BCUT2D eigenvalue weighted by Gasteiger charge is 2.52. The number of aromatic nitrogens is 2. The summed E-state index contributed by atoms with van der Waals surface area (Å²) >= 11 is 1.67. The SMILES string of the molecule is CN1C(=O)C2(CCN(C(=O)CO)CC2)Cc2cc(C=CC(=O)[N+]3(C)CC=C(Cc4nccs4)CC3)c[n+](C)c21. The van der Waals surface area contributed by atoms with Crippen LogP contribution in [0.5, 0.6) is 0 Å². The third-order valence-electron chi connectivity index (χ3n) is 8.64. The van der Waals surface area contributed by atoms with Gasteiger partial charge in [-0.3, -0.25) is 9.28 Å². The lowest BCUT2D eigenvalue weighted by Crippen LogP contribution is -2.57. The van der Waals surface area contributed by atoms with Crippen LogP contribution < -0.4 is 9.47 Å². The first-order valence-corrected chi connectivity index (χ1v) is 14.3. The molecule has 3 amide bonds. The molecule has 1 fully saturated rings. The fourth-order valence-electron chi connectivity index (χ4n) is 6.21. The second-order valence-electron chi connectivity index (χ2n) is 11.3. The predicted molar refractivity (Wildman–Crippen MR) is 149 cm³/mol. The number of aliphatic hydroxyl groups excluding tert-OH is 1. The summed E-state index contributed by atoms with van der Waals surface area (Å²) in [6.07, 6.45) is 13.0. The Labute approximate surface area is 233 Å². The Bertz CT molecular complexity index is 1340. The molecule has 2 aromatic rings. The van der Waals surface area contributed by atoms with Gasteiger partial charge < -0.3 is 10.0 Å². The van der Waals surface area contributed by atoms with Crippen molar-refractivity contribution in [2.75, 3.05) is 51.8 Å². The van der Waals surface area contributed by atoms with Crippen molar-refractivity contribution in [3.05, 3.63) is 57.7 Å². The van der Waals surface area contributed by atoms with Gasteiger partial charge in [-0.2, -0.15) is 4.90 Å². The van der Waals surface area contributed by atoms with Gasteiger partial charge in [-0.15, -0.1) is 11.3 Å². The summed E-state index contributed by atoms with van der Waals surface area (Å²) in [6.45, 7) is 1.86. The van der Waals surface area contributed by atoms with Crippen LogP contribution in [0.3, 0.4) is 0 Å². The van der Waals surface area contributed by atoms with Gasteiger partial charge in [-0.1, -0.05) is 5.57 Å². The van der Waals surface area contributed by atoms with Crippen molar-refractivity contribution in [2.45, 2.75) is 32.1 Å². The zero-order valence-corrected chi connectivity index (χ0v) is 23.7. The van der Waals surface area contributed by atoms with Gasteiger partial charge in [0.2, 0.25) is 5.91 Å². The molecule has 0 aliphatic carbocycles. The van der Waals surface area contributed by atoms with E-state index in [9.17, 15) is 19.5 Å². The lowest BCUT2D eigenvalue weighted by molar-refractivity contribution is -0.827. The molecule has 5 heterocycles. The molecule has 1 N–H and O–H groups in total. The maximum atomic E-state index is 13.5. The zero-order chi connectivity index (χ0) is 27.8. The molecule has 2 aromatic heterocycles. The summed E-state index contributed by atoms with van der Waals surface area (Å²) in [5, 5.41) is 12.3. The number of aliphatic hydroxyl groups is 1. The number of amides is 3. The first-order chi connectivity index (χ1) is 18.6. The van der Waals surface area contributed by atoms with Gasteiger partial charge >= 0.3 is 11.8 Å². The minimum absolute atomic E-state index is 0.0737.